The lowest BCUT2D eigenvalue weighted by Gasteiger charge is -2.28. The number of aromatic hydroxyl groups is 1. The normalized spacial score (nSPS) is 24.1. The van der Waals surface area contributed by atoms with Gasteiger partial charge in [0.2, 0.25) is 0 Å². The van der Waals surface area contributed by atoms with E-state index in [1.807, 2.05) is 13.0 Å². The molecule has 1 aromatic rings. The van der Waals surface area contributed by atoms with Crippen LogP contribution in [0.15, 0.2) is 12.1 Å². The maximum atomic E-state index is 10.5. The molecule has 0 bridgehead atoms. The van der Waals surface area contributed by atoms with Crippen LogP contribution in [0.5, 0.6) is 5.75 Å². The minimum Gasteiger partial charge on any atom is -0.508 e. The Bertz CT molecular complexity index is 508. The first-order chi connectivity index (χ1) is 9.71. The van der Waals surface area contributed by atoms with Crippen molar-refractivity contribution in [2.75, 3.05) is 6.54 Å². The molecule has 3 N–H and O–H groups in total. The van der Waals surface area contributed by atoms with Gasteiger partial charge in [0.15, 0.2) is 0 Å². The molecule has 118 valence electrons. The first kappa shape index (κ1) is 16.3. The summed E-state index contributed by atoms with van der Waals surface area (Å²) in [6.07, 6.45) is 1.75. The summed E-state index contributed by atoms with van der Waals surface area (Å²) in [6.45, 7) is 11.0. The first-order valence-electron chi connectivity index (χ1n) is 7.99. The second kappa shape index (κ2) is 5.98. The molecule has 1 aliphatic carbocycles. The number of phenolic OH excluding ortho intramolecular Hbond substituents is 1. The van der Waals surface area contributed by atoms with E-state index in [1.54, 1.807) is 6.07 Å². The van der Waals surface area contributed by atoms with Crippen LogP contribution in [-0.2, 0) is 0 Å². The van der Waals surface area contributed by atoms with Crippen LogP contribution in [0.1, 0.15) is 69.2 Å². The average molecular weight is 291 g/mol. The minimum atomic E-state index is -0.709. The Kier molecular flexibility index (Phi) is 4.64. The quantitative estimate of drug-likeness (QED) is 0.776. The minimum absolute atomic E-state index is 0.133. The van der Waals surface area contributed by atoms with E-state index in [0.29, 0.717) is 24.1 Å². The van der Waals surface area contributed by atoms with Gasteiger partial charge >= 0.3 is 0 Å². The molecular weight excluding hydrogens is 262 g/mol. The molecule has 0 aliphatic heterocycles. The number of nitrogens with one attached hydrogen (secondary N) is 1. The molecule has 3 unspecified atom stereocenters. The summed E-state index contributed by atoms with van der Waals surface area (Å²) in [6, 6.07) is 3.91. The summed E-state index contributed by atoms with van der Waals surface area (Å²) in [5, 5.41) is 24.1. The molecule has 1 aliphatic rings. The van der Waals surface area contributed by atoms with Crippen molar-refractivity contribution in [3.63, 3.8) is 0 Å². The summed E-state index contributed by atoms with van der Waals surface area (Å²) >= 11 is 0. The van der Waals surface area contributed by atoms with Gasteiger partial charge in [0, 0.05) is 18.2 Å². The zero-order valence-corrected chi connectivity index (χ0v) is 13.9. The van der Waals surface area contributed by atoms with Gasteiger partial charge in [0.1, 0.15) is 5.75 Å². The number of benzene rings is 1. The van der Waals surface area contributed by atoms with Crippen molar-refractivity contribution in [3.05, 3.63) is 28.8 Å². The van der Waals surface area contributed by atoms with Crippen LogP contribution in [0.3, 0.4) is 0 Å². The Labute approximate surface area is 128 Å². The second-order valence-corrected chi connectivity index (χ2v) is 7.39. The smallest absolute Gasteiger partial charge is 0.120 e. The summed E-state index contributed by atoms with van der Waals surface area (Å²) in [5.41, 5.74) is 2.84. The molecular formula is C18H29NO2. The zero-order chi connectivity index (χ0) is 15.8. The zero-order valence-electron chi connectivity index (χ0n) is 13.9. The highest BCUT2D eigenvalue weighted by Gasteiger charge is 2.33. The van der Waals surface area contributed by atoms with Crippen LogP contribution < -0.4 is 5.32 Å². The topological polar surface area (TPSA) is 52.5 Å². The van der Waals surface area contributed by atoms with Gasteiger partial charge in [-0.05, 0) is 55.7 Å². The summed E-state index contributed by atoms with van der Waals surface area (Å²) in [5.74, 6) is 1.29. The number of hydrogen-bond acceptors (Lipinski definition) is 3. The fourth-order valence-corrected chi connectivity index (χ4v) is 3.82. The van der Waals surface area contributed by atoms with E-state index in [0.717, 1.165) is 18.4 Å². The lowest BCUT2D eigenvalue weighted by molar-refractivity contribution is 0.0357. The highest BCUT2D eigenvalue weighted by molar-refractivity contribution is 5.50. The van der Waals surface area contributed by atoms with Crippen molar-refractivity contribution >= 4 is 0 Å². The van der Waals surface area contributed by atoms with Crippen LogP contribution in [0, 0.1) is 12.8 Å². The number of rotatable bonds is 5. The van der Waals surface area contributed by atoms with E-state index >= 15 is 0 Å². The van der Waals surface area contributed by atoms with E-state index in [1.165, 1.54) is 11.1 Å². The molecule has 2 rings (SSSR count). The van der Waals surface area contributed by atoms with Crippen molar-refractivity contribution in [3.8, 4) is 5.75 Å². The third kappa shape index (κ3) is 3.58. The van der Waals surface area contributed by atoms with Gasteiger partial charge in [-0.1, -0.05) is 26.8 Å². The van der Waals surface area contributed by atoms with Gasteiger partial charge in [0.25, 0.3) is 0 Å². The van der Waals surface area contributed by atoms with Gasteiger partial charge < -0.3 is 15.5 Å². The Balaban J connectivity index is 2.13. The fourth-order valence-electron chi connectivity index (χ4n) is 3.82. The SMILES string of the molecule is Cc1ccc(O)c2c1C(C)CC2NCC(C)(O)CC(C)C. The summed E-state index contributed by atoms with van der Waals surface area (Å²) < 4.78 is 0. The van der Waals surface area contributed by atoms with Gasteiger partial charge in [-0.25, -0.2) is 0 Å². The lowest BCUT2D eigenvalue weighted by Crippen LogP contribution is -2.40. The van der Waals surface area contributed by atoms with Crippen molar-refractivity contribution in [1.82, 2.24) is 5.32 Å². The lowest BCUT2D eigenvalue weighted by atomic mass is 9.93. The number of hydrogen-bond donors (Lipinski definition) is 3. The third-order valence-electron chi connectivity index (χ3n) is 4.49. The van der Waals surface area contributed by atoms with Crippen molar-refractivity contribution in [2.45, 2.75) is 65.0 Å². The summed E-state index contributed by atoms with van der Waals surface area (Å²) in [4.78, 5) is 0. The Morgan fingerprint density at radius 1 is 1.33 bits per heavy atom. The van der Waals surface area contributed by atoms with Crippen LogP contribution in [-0.4, -0.2) is 22.4 Å². The average Bonchev–Trinajstić information content (AvgIpc) is 2.68. The van der Waals surface area contributed by atoms with Crippen LogP contribution in [0.2, 0.25) is 0 Å². The molecule has 3 heteroatoms. The van der Waals surface area contributed by atoms with E-state index in [9.17, 15) is 10.2 Å². The highest BCUT2D eigenvalue weighted by atomic mass is 16.3. The third-order valence-corrected chi connectivity index (χ3v) is 4.49. The fraction of sp³-hybridized carbons (Fsp3) is 0.667. The molecule has 0 saturated carbocycles. The molecule has 0 fully saturated rings. The predicted molar refractivity (Wildman–Crippen MR) is 86.7 cm³/mol. The molecule has 21 heavy (non-hydrogen) atoms. The summed E-state index contributed by atoms with van der Waals surface area (Å²) in [7, 11) is 0. The molecule has 0 aromatic heterocycles. The molecule has 0 heterocycles. The largest absolute Gasteiger partial charge is 0.508 e. The number of fused-ring (bicyclic) bond motifs is 1. The maximum absolute atomic E-state index is 10.5. The highest BCUT2D eigenvalue weighted by Crippen LogP contribution is 2.45. The van der Waals surface area contributed by atoms with Crippen molar-refractivity contribution in [1.29, 1.82) is 0 Å². The van der Waals surface area contributed by atoms with Crippen LogP contribution >= 0.6 is 0 Å². The van der Waals surface area contributed by atoms with Gasteiger partial charge in [-0.15, -0.1) is 0 Å². The van der Waals surface area contributed by atoms with E-state index in [4.69, 9.17) is 0 Å². The standard InChI is InChI=1S/C18H29NO2/c1-11(2)9-18(5,21)10-19-14-8-13(4)16-12(3)6-7-15(20)17(14)16/h6-7,11,13-14,19-21H,8-10H2,1-5H3. The number of aliphatic hydroxyl groups is 1. The van der Waals surface area contributed by atoms with Crippen LogP contribution in [0.4, 0.5) is 0 Å². The van der Waals surface area contributed by atoms with Crippen molar-refractivity contribution < 1.29 is 10.2 Å². The Morgan fingerprint density at radius 2 is 2.00 bits per heavy atom. The molecule has 3 atom stereocenters. The van der Waals surface area contributed by atoms with Crippen LogP contribution in [0.25, 0.3) is 0 Å². The number of aryl methyl sites for hydroxylation is 1. The molecule has 0 spiro atoms. The van der Waals surface area contributed by atoms with E-state index in [2.05, 4.69) is 33.0 Å². The second-order valence-electron chi connectivity index (χ2n) is 7.39. The molecule has 0 amide bonds. The maximum Gasteiger partial charge on any atom is 0.120 e. The number of phenols is 1. The Morgan fingerprint density at radius 3 is 2.62 bits per heavy atom. The predicted octanol–water partition coefficient (Wildman–Crippen LogP) is 3.64. The van der Waals surface area contributed by atoms with Crippen molar-refractivity contribution in [2.24, 2.45) is 5.92 Å². The van der Waals surface area contributed by atoms with E-state index in [-0.39, 0.29) is 6.04 Å². The molecule has 1 aromatic carbocycles. The van der Waals surface area contributed by atoms with Gasteiger partial charge in [-0.2, -0.15) is 0 Å². The van der Waals surface area contributed by atoms with E-state index < -0.39 is 5.60 Å². The molecule has 0 radical (unpaired) electrons. The molecule has 3 nitrogen and oxygen atoms in total. The Hall–Kier alpha value is -1.06. The van der Waals surface area contributed by atoms with Gasteiger partial charge in [-0.3, -0.25) is 0 Å². The molecule has 0 saturated heterocycles. The first-order valence-corrected chi connectivity index (χ1v) is 7.99. The van der Waals surface area contributed by atoms with Gasteiger partial charge in [0.05, 0.1) is 5.60 Å². The monoisotopic (exact) mass is 291 g/mol.